The molecular weight excluding hydrogens is 420 g/mol. The number of rotatable bonds is 4. The van der Waals surface area contributed by atoms with Crippen molar-refractivity contribution in [1.29, 1.82) is 0 Å². The molecule has 1 aromatic heterocycles. The zero-order valence-corrected chi connectivity index (χ0v) is 20.0. The molecule has 9 heteroatoms. The van der Waals surface area contributed by atoms with Crippen LogP contribution in [0.4, 0.5) is 10.7 Å². The quantitative estimate of drug-likeness (QED) is 0.665. The van der Waals surface area contributed by atoms with E-state index in [9.17, 15) is 9.59 Å². The van der Waals surface area contributed by atoms with E-state index < -0.39 is 6.04 Å². The van der Waals surface area contributed by atoms with Gasteiger partial charge >= 0.3 is 12.0 Å². The van der Waals surface area contributed by atoms with Crippen molar-refractivity contribution < 1.29 is 18.9 Å². The van der Waals surface area contributed by atoms with Crippen molar-refractivity contribution in [1.82, 2.24) is 19.3 Å². The maximum atomic E-state index is 13.6. The number of aromatic nitrogens is 2. The number of morpholine rings is 1. The number of imide groups is 1. The fourth-order valence-corrected chi connectivity index (χ4v) is 4.88. The largest absolute Gasteiger partial charge is 0.407 e. The number of aliphatic imine (C=N–C) groups is 1. The van der Waals surface area contributed by atoms with Crippen LogP contribution in [0.25, 0.3) is 5.69 Å². The van der Waals surface area contributed by atoms with Gasteiger partial charge in [0, 0.05) is 33.2 Å². The number of nitrogens with zero attached hydrogens (tertiary/aromatic N) is 6. The Hall–Kier alpha value is -3.04. The molecular formula is C24H31N6O3+. The maximum Gasteiger partial charge on any atom is 0.407 e. The number of amidine groups is 1. The van der Waals surface area contributed by atoms with E-state index in [1.807, 2.05) is 18.4 Å². The third kappa shape index (κ3) is 3.38. The second-order valence-corrected chi connectivity index (χ2v) is 9.10. The van der Waals surface area contributed by atoms with Crippen molar-refractivity contribution in [2.24, 2.45) is 4.99 Å². The number of likely N-dealkylation sites (N-methyl/N-ethyl adjacent to an activating group) is 1. The van der Waals surface area contributed by atoms with Crippen LogP contribution in [0.5, 0.6) is 0 Å². The number of urea groups is 1. The summed E-state index contributed by atoms with van der Waals surface area (Å²) in [5, 5.41) is 0. The predicted molar refractivity (Wildman–Crippen MR) is 123 cm³/mol. The zero-order valence-electron chi connectivity index (χ0n) is 20.0. The smallest absolute Gasteiger partial charge is 0.379 e. The third-order valence-corrected chi connectivity index (χ3v) is 7.21. The summed E-state index contributed by atoms with van der Waals surface area (Å²) < 4.78 is 9.46. The minimum Gasteiger partial charge on any atom is -0.379 e. The molecule has 0 bridgehead atoms. The molecule has 3 aliphatic heterocycles. The number of benzene rings is 1. The van der Waals surface area contributed by atoms with E-state index in [1.54, 1.807) is 7.05 Å². The lowest BCUT2D eigenvalue weighted by Crippen LogP contribution is -2.64. The molecule has 0 N–H and O–H groups in total. The van der Waals surface area contributed by atoms with Gasteiger partial charge in [0.05, 0.1) is 13.2 Å². The summed E-state index contributed by atoms with van der Waals surface area (Å²) in [7, 11) is 1.71. The van der Waals surface area contributed by atoms with Crippen LogP contribution >= 0.6 is 0 Å². The van der Waals surface area contributed by atoms with Gasteiger partial charge in [-0.1, -0.05) is 11.1 Å². The lowest BCUT2D eigenvalue weighted by atomic mass is 10.1. The standard InChI is InChI=1S/C24H31N6O3/c1-15-6-7-19(14-16(15)2)29-17(3)18(4)30-20-21(25-23(29)30)26(5)24(32)28(22(20)31)9-8-27-10-12-33-13-11-27/h6-7,14,20H,8-13H2,1-5H3/q+1. The molecule has 4 heterocycles. The van der Waals surface area contributed by atoms with Crippen molar-refractivity contribution in [2.45, 2.75) is 33.7 Å². The molecule has 2 fully saturated rings. The Morgan fingerprint density at radius 1 is 1.06 bits per heavy atom. The molecule has 3 aliphatic rings. The lowest BCUT2D eigenvalue weighted by molar-refractivity contribution is -0.682. The van der Waals surface area contributed by atoms with Crippen LogP contribution in [0.15, 0.2) is 23.2 Å². The van der Waals surface area contributed by atoms with E-state index in [0.29, 0.717) is 38.1 Å². The normalized spacial score (nSPS) is 20.9. The number of fused-ring (bicyclic) bond motifs is 3. The van der Waals surface area contributed by atoms with Gasteiger partial charge in [0.25, 0.3) is 5.91 Å². The maximum absolute atomic E-state index is 13.6. The molecule has 3 amide bonds. The van der Waals surface area contributed by atoms with Crippen LogP contribution in [0.3, 0.4) is 0 Å². The summed E-state index contributed by atoms with van der Waals surface area (Å²) in [5.41, 5.74) is 5.42. The highest BCUT2D eigenvalue weighted by molar-refractivity contribution is 6.19. The van der Waals surface area contributed by atoms with Gasteiger partial charge in [-0.2, -0.15) is 4.57 Å². The van der Waals surface area contributed by atoms with Gasteiger partial charge < -0.3 is 4.74 Å². The van der Waals surface area contributed by atoms with Crippen molar-refractivity contribution >= 4 is 23.7 Å². The Kier molecular flexibility index (Phi) is 5.33. The number of carbonyl (C=O) groups is 2. The van der Waals surface area contributed by atoms with Gasteiger partial charge in [-0.25, -0.2) is 9.36 Å². The molecule has 1 atom stereocenters. The Balaban J connectivity index is 1.51. The van der Waals surface area contributed by atoms with Gasteiger partial charge in [-0.05, 0) is 51.0 Å². The SMILES string of the molecule is Cc1ccc(-n2c(C)c(C)[n+]3c2N=C2C3C(=O)N(CCN3CCOCC3)C(=O)N2C)cc1C. The summed E-state index contributed by atoms with van der Waals surface area (Å²) >= 11 is 0. The fourth-order valence-electron chi connectivity index (χ4n) is 4.88. The van der Waals surface area contributed by atoms with Crippen molar-refractivity contribution in [3.05, 3.63) is 40.7 Å². The number of ether oxygens (including phenoxy) is 1. The highest BCUT2D eigenvalue weighted by atomic mass is 16.5. The van der Waals surface area contributed by atoms with E-state index >= 15 is 0 Å². The molecule has 0 saturated carbocycles. The Labute approximate surface area is 193 Å². The number of carbonyl (C=O) groups excluding carboxylic acids is 2. The third-order valence-electron chi connectivity index (χ3n) is 7.21. The van der Waals surface area contributed by atoms with Crippen molar-refractivity contribution in [3.8, 4) is 5.69 Å². The molecule has 5 rings (SSSR count). The van der Waals surface area contributed by atoms with E-state index in [2.05, 4.69) is 41.5 Å². The molecule has 0 spiro atoms. The van der Waals surface area contributed by atoms with Crippen LogP contribution in [0.1, 0.15) is 28.6 Å². The fraction of sp³-hybridized carbons (Fsp3) is 0.500. The first kappa shape index (κ1) is 21.8. The molecule has 2 saturated heterocycles. The predicted octanol–water partition coefficient (Wildman–Crippen LogP) is 1.81. The second kappa shape index (κ2) is 8.07. The average molecular weight is 452 g/mol. The van der Waals surface area contributed by atoms with Crippen LogP contribution in [0, 0.1) is 27.7 Å². The van der Waals surface area contributed by atoms with Gasteiger partial charge in [0.2, 0.25) is 11.9 Å². The number of amides is 3. The highest BCUT2D eigenvalue weighted by Crippen LogP contribution is 2.33. The summed E-state index contributed by atoms with van der Waals surface area (Å²) in [6, 6.07) is 5.36. The van der Waals surface area contributed by atoms with Gasteiger partial charge in [-0.15, -0.1) is 0 Å². The first-order valence-corrected chi connectivity index (χ1v) is 11.5. The molecule has 9 nitrogen and oxygen atoms in total. The topological polar surface area (TPSA) is 74.3 Å². The second-order valence-electron chi connectivity index (χ2n) is 9.10. The Bertz CT molecular complexity index is 1180. The zero-order chi connectivity index (χ0) is 23.4. The van der Waals surface area contributed by atoms with Crippen LogP contribution in [-0.4, -0.2) is 83.5 Å². The minimum atomic E-state index is -0.626. The first-order chi connectivity index (χ1) is 15.8. The van der Waals surface area contributed by atoms with Gasteiger partial charge in [0.1, 0.15) is 17.1 Å². The van der Waals surface area contributed by atoms with E-state index in [4.69, 9.17) is 9.73 Å². The van der Waals surface area contributed by atoms with E-state index in [1.165, 1.54) is 20.9 Å². The van der Waals surface area contributed by atoms with E-state index in [-0.39, 0.29) is 11.9 Å². The van der Waals surface area contributed by atoms with Gasteiger partial charge in [0.15, 0.2) is 0 Å². The molecule has 1 aromatic carbocycles. The number of hydrogen-bond donors (Lipinski definition) is 0. The van der Waals surface area contributed by atoms with Crippen molar-refractivity contribution in [3.63, 3.8) is 0 Å². The van der Waals surface area contributed by atoms with Crippen molar-refractivity contribution in [2.75, 3.05) is 46.4 Å². The summed E-state index contributed by atoms with van der Waals surface area (Å²) in [5.74, 6) is 0.953. The first-order valence-electron chi connectivity index (χ1n) is 11.5. The average Bonchev–Trinajstić information content (AvgIpc) is 3.30. The molecule has 0 radical (unpaired) electrons. The summed E-state index contributed by atoms with van der Waals surface area (Å²) in [6.45, 7) is 12.2. The molecule has 0 aliphatic carbocycles. The van der Waals surface area contributed by atoms with E-state index in [0.717, 1.165) is 30.2 Å². The van der Waals surface area contributed by atoms with Crippen LogP contribution in [0.2, 0.25) is 0 Å². The Morgan fingerprint density at radius 3 is 2.48 bits per heavy atom. The molecule has 33 heavy (non-hydrogen) atoms. The summed E-state index contributed by atoms with van der Waals surface area (Å²) in [6.07, 6.45) is 0. The van der Waals surface area contributed by atoms with Crippen LogP contribution < -0.4 is 4.57 Å². The number of aryl methyl sites for hydroxylation is 2. The summed E-state index contributed by atoms with van der Waals surface area (Å²) in [4.78, 5) is 36.7. The number of hydrogen-bond acceptors (Lipinski definition) is 5. The molecule has 1 unspecified atom stereocenters. The lowest BCUT2D eigenvalue weighted by Gasteiger charge is -2.35. The highest BCUT2D eigenvalue weighted by Gasteiger charge is 2.54. The molecule has 2 aromatic rings. The minimum absolute atomic E-state index is 0.214. The van der Waals surface area contributed by atoms with Crippen LogP contribution in [-0.2, 0) is 9.53 Å². The Morgan fingerprint density at radius 2 is 1.79 bits per heavy atom. The number of imidazole rings is 1. The molecule has 174 valence electrons. The monoisotopic (exact) mass is 451 g/mol. The van der Waals surface area contributed by atoms with Gasteiger partial charge in [-0.3, -0.25) is 19.5 Å².